The topological polar surface area (TPSA) is 18.5 Å². The Labute approximate surface area is 175 Å². The number of hydrogen-bond acceptors (Lipinski definition) is 2. The van der Waals surface area contributed by atoms with E-state index in [1.807, 2.05) is 0 Å². The summed E-state index contributed by atoms with van der Waals surface area (Å²) in [6.45, 7) is 29.1. The van der Waals surface area contributed by atoms with Crippen molar-refractivity contribution in [2.45, 2.75) is 0 Å². The third-order valence-corrected chi connectivity index (χ3v) is 0.744. The summed E-state index contributed by atoms with van der Waals surface area (Å²) < 4.78 is 9.89. The molecule has 109 valence electrons. The van der Waals surface area contributed by atoms with Crippen molar-refractivity contribution in [2.75, 3.05) is 26.4 Å². The van der Waals surface area contributed by atoms with E-state index in [2.05, 4.69) is 55.4 Å². The smallest absolute Gasteiger partial charge is 0.0701 e. The van der Waals surface area contributed by atoms with Gasteiger partial charge in [-0.3, -0.25) is 0 Å². The van der Waals surface area contributed by atoms with Gasteiger partial charge in [0.15, 0.2) is 0 Å². The predicted molar refractivity (Wildman–Crippen MR) is 87.4 cm³/mol. The van der Waals surface area contributed by atoms with Gasteiger partial charge in [0.1, 0.15) is 0 Å². The van der Waals surface area contributed by atoms with Gasteiger partial charge in [0.05, 0.1) is 26.4 Å². The molecule has 20 heavy (non-hydrogen) atoms. The first-order valence-electron chi connectivity index (χ1n) is 5.42. The Morgan fingerprint density at radius 2 is 0.600 bits per heavy atom. The molecule has 1 fully saturated rings. The summed E-state index contributed by atoms with van der Waals surface area (Å²) in [5.74, 6) is 0. The zero-order valence-electron chi connectivity index (χ0n) is 13.1. The van der Waals surface area contributed by atoms with E-state index in [0.717, 1.165) is 26.4 Å². The van der Waals surface area contributed by atoms with Crippen LogP contribution in [0.15, 0.2) is 0 Å². The monoisotopic (exact) mass is 401 g/mol. The van der Waals surface area contributed by atoms with Crippen molar-refractivity contribution >= 4 is 18.9 Å². The van der Waals surface area contributed by atoms with Gasteiger partial charge in [-0.2, -0.15) is 0 Å². The van der Waals surface area contributed by atoms with Gasteiger partial charge in [0.25, 0.3) is 0 Å². The van der Waals surface area contributed by atoms with Crippen LogP contribution in [0.25, 0.3) is 0 Å². The molecule has 1 aliphatic rings. The standard InChI is InChI=1S/C4H8O2.4C3H5.Li.Nd/c1-2-6-4-3-5-1;4*1-3-2;;/h1-4H2;4*3H,1-2H2;;. The first kappa shape index (κ1) is 37.8. The molecule has 0 N–H and O–H groups in total. The molecule has 1 saturated heterocycles. The zero-order chi connectivity index (χ0) is 15.1. The van der Waals surface area contributed by atoms with E-state index in [1.54, 1.807) is 0 Å². The van der Waals surface area contributed by atoms with Crippen LogP contribution in [0.2, 0.25) is 0 Å². The average Bonchev–Trinajstić information content (AvgIpc) is 2.35. The third-order valence-electron chi connectivity index (χ3n) is 0.744. The molecule has 0 unspecified atom stereocenters. The van der Waals surface area contributed by atoms with Gasteiger partial charge < -0.3 is 9.47 Å². The van der Waals surface area contributed by atoms with E-state index in [9.17, 15) is 0 Å². The van der Waals surface area contributed by atoms with Crippen molar-refractivity contribution in [3.63, 3.8) is 0 Å². The molecule has 13 radical (unpaired) electrons. The van der Waals surface area contributed by atoms with Crippen molar-refractivity contribution in [3.05, 3.63) is 81.1 Å². The minimum atomic E-state index is 0. The van der Waals surface area contributed by atoms with Crippen molar-refractivity contribution in [1.29, 1.82) is 0 Å². The van der Waals surface area contributed by atoms with E-state index in [1.165, 1.54) is 25.7 Å². The minimum absolute atomic E-state index is 0. The van der Waals surface area contributed by atoms with Gasteiger partial charge in [-0.05, 0) is 81.1 Å². The second-order valence-electron chi connectivity index (χ2n) is 2.38. The van der Waals surface area contributed by atoms with E-state index in [4.69, 9.17) is 9.47 Å². The van der Waals surface area contributed by atoms with Crippen LogP contribution in [0.5, 0.6) is 0 Å². The van der Waals surface area contributed by atoms with Gasteiger partial charge in [0, 0.05) is 59.7 Å². The maximum atomic E-state index is 4.94. The van der Waals surface area contributed by atoms with Crippen molar-refractivity contribution in [1.82, 2.24) is 0 Å². The molecule has 1 aliphatic heterocycles. The number of ether oxygens (including phenoxy) is 2. The second kappa shape index (κ2) is 58.5. The largest absolute Gasteiger partial charge is 0.377 e. The Balaban J connectivity index is -0.0000000315. The Hall–Kier alpha value is 1.87. The maximum Gasteiger partial charge on any atom is 0.0701 e. The summed E-state index contributed by atoms with van der Waals surface area (Å²) in [5, 5.41) is 0. The fourth-order valence-corrected chi connectivity index (χ4v) is 0.440. The maximum absolute atomic E-state index is 4.94. The summed E-state index contributed by atoms with van der Waals surface area (Å²) in [7, 11) is 0. The van der Waals surface area contributed by atoms with Gasteiger partial charge >= 0.3 is 0 Å². The quantitative estimate of drug-likeness (QED) is 0.579. The first-order chi connectivity index (χ1) is 8.66. The Kier molecular flexibility index (Phi) is 111. The van der Waals surface area contributed by atoms with Crippen LogP contribution in [-0.4, -0.2) is 45.3 Å². The Bertz CT molecular complexity index is 63.4. The van der Waals surface area contributed by atoms with Gasteiger partial charge in [-0.15, -0.1) is 0 Å². The van der Waals surface area contributed by atoms with Gasteiger partial charge in [0.2, 0.25) is 0 Å². The molecule has 0 saturated carbocycles. The Morgan fingerprint density at radius 1 is 0.500 bits per heavy atom. The SMILES string of the molecule is C1COCCO1.[CH2][CH][CH2].[CH2][CH][CH2].[CH2][CH][CH2].[CH2][CH][CH2].[Li].[Nd]. The first-order valence-corrected chi connectivity index (χ1v) is 5.42. The van der Waals surface area contributed by atoms with Crippen LogP contribution < -0.4 is 0 Å². The second-order valence-corrected chi connectivity index (χ2v) is 2.38. The van der Waals surface area contributed by atoms with E-state index in [-0.39, 0.29) is 59.7 Å². The molecular formula is C16H28LiNdO2. The molecule has 1 heterocycles. The fraction of sp³-hybridized carbons (Fsp3) is 0.250. The van der Waals surface area contributed by atoms with Crippen LogP contribution >= 0.6 is 0 Å². The molecule has 1 rings (SSSR count). The summed E-state index contributed by atoms with van der Waals surface area (Å²) in [4.78, 5) is 0. The van der Waals surface area contributed by atoms with Crippen LogP contribution in [0, 0.1) is 122 Å². The Morgan fingerprint density at radius 3 is 0.650 bits per heavy atom. The molecule has 0 aliphatic carbocycles. The molecule has 0 bridgehead atoms. The average molecular weight is 404 g/mol. The minimum Gasteiger partial charge on any atom is -0.377 e. The van der Waals surface area contributed by atoms with E-state index < -0.39 is 0 Å². The normalized spacial score (nSPS) is 10.8. The van der Waals surface area contributed by atoms with Crippen molar-refractivity contribution < 1.29 is 50.3 Å². The van der Waals surface area contributed by atoms with Crippen LogP contribution in [-0.2, 0) is 9.47 Å². The van der Waals surface area contributed by atoms with Crippen molar-refractivity contribution in [3.8, 4) is 0 Å². The summed E-state index contributed by atoms with van der Waals surface area (Å²) in [6.07, 6.45) is 6.00. The summed E-state index contributed by atoms with van der Waals surface area (Å²) in [5.41, 5.74) is 0. The molecule has 0 aromatic rings. The van der Waals surface area contributed by atoms with Crippen molar-refractivity contribution in [2.24, 2.45) is 0 Å². The van der Waals surface area contributed by atoms with Gasteiger partial charge in [-0.25, -0.2) is 0 Å². The van der Waals surface area contributed by atoms with E-state index in [0.29, 0.717) is 0 Å². The molecule has 0 atom stereocenters. The van der Waals surface area contributed by atoms with Crippen LogP contribution in [0.3, 0.4) is 0 Å². The molecular weight excluding hydrogens is 375 g/mol. The summed E-state index contributed by atoms with van der Waals surface area (Å²) >= 11 is 0. The van der Waals surface area contributed by atoms with Gasteiger partial charge in [-0.1, -0.05) is 0 Å². The number of hydrogen-bond donors (Lipinski definition) is 0. The molecule has 0 amide bonds. The molecule has 0 spiro atoms. The molecule has 2 nitrogen and oxygen atoms in total. The molecule has 4 heteroatoms. The fourth-order valence-electron chi connectivity index (χ4n) is 0.440. The molecule has 0 aromatic heterocycles. The number of rotatable bonds is 0. The predicted octanol–water partition coefficient (Wildman–Crippen LogP) is 3.09. The van der Waals surface area contributed by atoms with Crippen LogP contribution in [0.4, 0.5) is 0 Å². The van der Waals surface area contributed by atoms with Crippen LogP contribution in [0.1, 0.15) is 0 Å². The third kappa shape index (κ3) is 114. The summed E-state index contributed by atoms with van der Waals surface area (Å²) in [6, 6.07) is 0. The molecule has 0 aromatic carbocycles. The zero-order valence-corrected chi connectivity index (χ0v) is 16.3. The van der Waals surface area contributed by atoms with E-state index >= 15 is 0 Å².